The molecule has 1 heterocycles. The van der Waals surface area contributed by atoms with E-state index in [1.54, 1.807) is 4.90 Å². The third-order valence-corrected chi connectivity index (χ3v) is 7.87. The summed E-state index contributed by atoms with van der Waals surface area (Å²) in [7, 11) is -3.67. The molecule has 4 rings (SSSR count). The average molecular weight is 439 g/mol. The Morgan fingerprint density at radius 2 is 1.64 bits per heavy atom. The first kappa shape index (κ1) is 19.7. The van der Waals surface area contributed by atoms with Gasteiger partial charge in [0.25, 0.3) is 5.91 Å². The Balaban J connectivity index is 1.44. The Kier molecular flexibility index (Phi) is 5.40. The lowest BCUT2D eigenvalue weighted by atomic mass is 10.1. The van der Waals surface area contributed by atoms with Gasteiger partial charge in [0.1, 0.15) is 0 Å². The lowest BCUT2D eigenvalue weighted by Gasteiger charge is -2.34. The number of rotatable bonds is 4. The number of nitrogens with zero attached hydrogens (tertiary/aromatic N) is 2. The van der Waals surface area contributed by atoms with Gasteiger partial charge in [0.2, 0.25) is 10.0 Å². The van der Waals surface area contributed by atoms with Crippen molar-refractivity contribution in [1.82, 2.24) is 9.21 Å². The number of amides is 1. The van der Waals surface area contributed by atoms with E-state index in [2.05, 4.69) is 6.07 Å². The number of sulfonamides is 1. The zero-order valence-electron chi connectivity index (χ0n) is 15.1. The number of piperazine rings is 1. The smallest absolute Gasteiger partial charge is 0.253 e. The Morgan fingerprint density at radius 3 is 2.29 bits per heavy atom. The molecule has 28 heavy (non-hydrogen) atoms. The van der Waals surface area contributed by atoms with Crippen LogP contribution >= 0.6 is 23.2 Å². The second-order valence-corrected chi connectivity index (χ2v) is 9.92. The van der Waals surface area contributed by atoms with Crippen molar-refractivity contribution < 1.29 is 13.2 Å². The van der Waals surface area contributed by atoms with Crippen LogP contribution in [0.2, 0.25) is 10.0 Å². The van der Waals surface area contributed by atoms with E-state index in [-0.39, 0.29) is 28.9 Å². The van der Waals surface area contributed by atoms with Crippen molar-refractivity contribution in [3.05, 3.63) is 63.6 Å². The van der Waals surface area contributed by atoms with Gasteiger partial charge in [0.15, 0.2) is 0 Å². The second-order valence-electron chi connectivity index (χ2n) is 7.17. The largest absolute Gasteiger partial charge is 0.336 e. The summed E-state index contributed by atoms with van der Waals surface area (Å²) in [6, 6.07) is 12.1. The molecule has 148 valence electrons. The molecule has 0 unspecified atom stereocenters. The van der Waals surface area contributed by atoms with Crippen molar-refractivity contribution in [2.45, 2.75) is 23.7 Å². The topological polar surface area (TPSA) is 57.7 Å². The Morgan fingerprint density at radius 1 is 0.929 bits per heavy atom. The van der Waals surface area contributed by atoms with E-state index >= 15 is 0 Å². The van der Waals surface area contributed by atoms with Gasteiger partial charge >= 0.3 is 0 Å². The van der Waals surface area contributed by atoms with Crippen LogP contribution in [0.5, 0.6) is 0 Å². The summed E-state index contributed by atoms with van der Waals surface area (Å²) in [6.45, 7) is 1.20. The zero-order valence-corrected chi connectivity index (χ0v) is 17.5. The van der Waals surface area contributed by atoms with Gasteiger partial charge in [-0.25, -0.2) is 8.42 Å². The molecule has 8 heteroatoms. The second kappa shape index (κ2) is 7.67. The minimum absolute atomic E-state index is 0.0471. The molecule has 0 bridgehead atoms. The van der Waals surface area contributed by atoms with Crippen LogP contribution in [0.25, 0.3) is 0 Å². The molecule has 2 aliphatic rings. The molecule has 0 atom stereocenters. The summed E-state index contributed by atoms with van der Waals surface area (Å²) in [4.78, 5) is 14.7. The Hall–Kier alpha value is -1.60. The molecular weight excluding hydrogens is 419 g/mol. The number of carbonyl (C=O) groups excluding carboxylic acids is 1. The van der Waals surface area contributed by atoms with E-state index in [1.807, 2.05) is 18.2 Å². The highest BCUT2D eigenvalue weighted by Crippen LogP contribution is 2.40. The highest BCUT2D eigenvalue weighted by molar-refractivity contribution is 7.89. The molecule has 0 N–H and O–H groups in total. The van der Waals surface area contributed by atoms with Crippen molar-refractivity contribution in [3.63, 3.8) is 0 Å². The first-order valence-corrected chi connectivity index (χ1v) is 11.4. The highest BCUT2D eigenvalue weighted by atomic mass is 35.5. The first-order valence-electron chi connectivity index (χ1n) is 9.21. The van der Waals surface area contributed by atoms with Gasteiger partial charge in [-0.2, -0.15) is 4.31 Å². The van der Waals surface area contributed by atoms with Gasteiger partial charge in [0, 0.05) is 31.7 Å². The van der Waals surface area contributed by atoms with Crippen LogP contribution in [0.15, 0.2) is 47.4 Å². The van der Waals surface area contributed by atoms with E-state index in [0.717, 1.165) is 0 Å². The lowest BCUT2D eigenvalue weighted by molar-refractivity contribution is 0.0698. The quantitative estimate of drug-likeness (QED) is 0.723. The Labute approximate surface area is 174 Å². The minimum Gasteiger partial charge on any atom is -0.336 e. The monoisotopic (exact) mass is 438 g/mol. The van der Waals surface area contributed by atoms with Gasteiger partial charge < -0.3 is 4.90 Å². The highest BCUT2D eigenvalue weighted by Gasteiger charge is 2.31. The molecule has 0 spiro atoms. The predicted molar refractivity (Wildman–Crippen MR) is 110 cm³/mol. The Bertz CT molecular complexity index is 1010. The molecule has 1 amide bonds. The maximum Gasteiger partial charge on any atom is 0.253 e. The summed E-state index contributed by atoms with van der Waals surface area (Å²) >= 11 is 11.8. The van der Waals surface area contributed by atoms with Gasteiger partial charge in [-0.1, -0.05) is 35.3 Å². The molecule has 0 radical (unpaired) electrons. The summed E-state index contributed by atoms with van der Waals surface area (Å²) in [6.07, 6.45) is 2.37. The standard InChI is InChI=1S/C20H20Cl2N2O3S/c21-18-7-6-17(13-19(18)22)28(26,27)24-10-8-23(9-11-24)20(25)16-3-1-2-15(12-16)14-4-5-14/h1-3,6-7,12-14H,4-5,8-11H2. The van der Waals surface area contributed by atoms with Gasteiger partial charge in [-0.15, -0.1) is 0 Å². The average Bonchev–Trinajstić information content (AvgIpc) is 3.55. The molecule has 2 fully saturated rings. The fourth-order valence-electron chi connectivity index (χ4n) is 3.44. The normalized spacial score (nSPS) is 18.3. The third-order valence-electron chi connectivity index (χ3n) is 5.24. The van der Waals surface area contributed by atoms with E-state index < -0.39 is 10.0 Å². The molecular formula is C20H20Cl2N2O3S. The van der Waals surface area contributed by atoms with Crippen molar-refractivity contribution in [1.29, 1.82) is 0 Å². The molecule has 2 aromatic rings. The van der Waals surface area contributed by atoms with Crippen molar-refractivity contribution in [2.24, 2.45) is 0 Å². The van der Waals surface area contributed by atoms with Crippen LogP contribution in [0.4, 0.5) is 0 Å². The summed E-state index contributed by atoms with van der Waals surface area (Å²) in [5, 5.41) is 0.511. The van der Waals surface area contributed by atoms with Crippen molar-refractivity contribution >= 4 is 39.1 Å². The first-order chi connectivity index (χ1) is 13.4. The van der Waals surface area contributed by atoms with Crippen LogP contribution in [-0.4, -0.2) is 49.7 Å². The van der Waals surface area contributed by atoms with Crippen LogP contribution in [0, 0.1) is 0 Å². The fourth-order valence-corrected chi connectivity index (χ4v) is 5.25. The van der Waals surface area contributed by atoms with E-state index in [0.29, 0.717) is 29.6 Å². The van der Waals surface area contributed by atoms with Crippen LogP contribution in [-0.2, 0) is 10.0 Å². The van der Waals surface area contributed by atoms with Crippen LogP contribution in [0.1, 0.15) is 34.7 Å². The molecule has 0 aromatic heterocycles. The molecule has 2 aromatic carbocycles. The fraction of sp³-hybridized carbons (Fsp3) is 0.350. The number of benzene rings is 2. The van der Waals surface area contributed by atoms with Crippen molar-refractivity contribution in [2.75, 3.05) is 26.2 Å². The van der Waals surface area contributed by atoms with Gasteiger partial charge in [-0.3, -0.25) is 4.79 Å². The molecule has 1 saturated carbocycles. The third kappa shape index (κ3) is 3.92. The minimum atomic E-state index is -3.67. The number of halogens is 2. The maximum absolute atomic E-state index is 12.8. The number of hydrogen-bond donors (Lipinski definition) is 0. The predicted octanol–water partition coefficient (Wildman–Crippen LogP) is 4.02. The van der Waals surface area contributed by atoms with Crippen molar-refractivity contribution in [3.8, 4) is 0 Å². The lowest BCUT2D eigenvalue weighted by Crippen LogP contribution is -2.50. The van der Waals surface area contributed by atoms with E-state index in [9.17, 15) is 13.2 Å². The number of carbonyl (C=O) groups is 1. The molecule has 1 saturated heterocycles. The number of hydrogen-bond acceptors (Lipinski definition) is 3. The molecule has 5 nitrogen and oxygen atoms in total. The summed E-state index contributed by atoms with van der Waals surface area (Å²) in [5.41, 5.74) is 1.89. The van der Waals surface area contributed by atoms with E-state index in [4.69, 9.17) is 23.2 Å². The summed E-state index contributed by atoms with van der Waals surface area (Å²) in [5.74, 6) is 0.537. The molecule has 1 aliphatic heterocycles. The SMILES string of the molecule is O=C(c1cccc(C2CC2)c1)N1CCN(S(=O)(=O)c2ccc(Cl)c(Cl)c2)CC1. The van der Waals surface area contributed by atoms with Crippen LogP contribution < -0.4 is 0 Å². The molecule has 1 aliphatic carbocycles. The van der Waals surface area contributed by atoms with E-state index in [1.165, 1.54) is 40.9 Å². The van der Waals surface area contributed by atoms with Crippen LogP contribution in [0.3, 0.4) is 0 Å². The zero-order chi connectivity index (χ0) is 19.9. The maximum atomic E-state index is 12.8. The van der Waals surface area contributed by atoms with Gasteiger partial charge in [-0.05, 0) is 54.7 Å². The van der Waals surface area contributed by atoms with Gasteiger partial charge in [0.05, 0.1) is 14.9 Å². The summed E-state index contributed by atoms with van der Waals surface area (Å²) < 4.78 is 27.1.